The Bertz CT molecular complexity index is 650. The van der Waals surface area contributed by atoms with E-state index < -0.39 is 0 Å². The lowest BCUT2D eigenvalue weighted by molar-refractivity contribution is 1.000. The molecule has 0 aliphatic rings. The molecular weight excluding hydrogens is 249 g/mol. The van der Waals surface area contributed by atoms with Crippen LogP contribution in [0.4, 0.5) is 11.8 Å². The van der Waals surface area contributed by atoms with Gasteiger partial charge in [-0.3, -0.25) is 0 Å². The lowest BCUT2D eigenvalue weighted by Crippen LogP contribution is -2.04. The van der Waals surface area contributed by atoms with E-state index in [4.69, 9.17) is 38.8 Å². The predicted octanol–water partition coefficient (Wildman–Crippen LogP) is 2.01. The van der Waals surface area contributed by atoms with Crippen LogP contribution >= 0.6 is 23.2 Å². The van der Waals surface area contributed by atoms with Crippen LogP contribution in [0, 0.1) is 0 Å². The number of nitrogen functional groups attached to an aromatic ring is 2. The van der Waals surface area contributed by atoms with Crippen molar-refractivity contribution >= 4 is 35.0 Å². The Morgan fingerprint density at radius 1 is 1.19 bits per heavy atom. The van der Waals surface area contributed by atoms with Crippen molar-refractivity contribution in [3.8, 4) is 11.3 Å². The minimum Gasteiger partial charge on any atom is -0.382 e. The van der Waals surface area contributed by atoms with Crippen molar-refractivity contribution in [3.05, 3.63) is 28.2 Å². The minimum atomic E-state index is -0.387. The number of rotatable bonds is 1. The zero-order valence-corrected chi connectivity index (χ0v) is 9.26. The van der Waals surface area contributed by atoms with E-state index in [0.29, 0.717) is 0 Å². The highest BCUT2D eigenvalue weighted by Gasteiger charge is 2.12. The molecule has 0 saturated heterocycles. The third-order valence-corrected chi connectivity index (χ3v) is 2.50. The Hall–Kier alpha value is -1.59. The number of nitrogens with zero attached hydrogens (tertiary/aromatic N) is 3. The highest BCUT2D eigenvalue weighted by atomic mass is 35.5. The van der Waals surface area contributed by atoms with Crippen LogP contribution in [-0.4, -0.2) is 15.2 Å². The molecule has 5 nitrogen and oxygen atoms in total. The molecule has 0 unspecified atom stereocenters. The van der Waals surface area contributed by atoms with Crippen LogP contribution in [0.15, 0.2) is 18.1 Å². The topological polar surface area (TPSA) is 90.7 Å². The first kappa shape index (κ1) is 7.65. The fourth-order valence-corrected chi connectivity index (χ4v) is 1.39. The smallest absolute Gasteiger partial charge is 0.242 e. The normalized spacial score (nSPS) is 13.0. The summed E-state index contributed by atoms with van der Waals surface area (Å²) >= 11 is 11.8. The molecule has 4 N–H and O–H groups in total. The van der Waals surface area contributed by atoms with Crippen LogP contribution < -0.4 is 11.5 Å². The second-order valence-electron chi connectivity index (χ2n) is 2.78. The molecule has 0 fully saturated rings. The number of benzene rings is 1. The molecule has 0 radical (unpaired) electrons. The van der Waals surface area contributed by atoms with E-state index in [-0.39, 0.29) is 51.2 Å². The molecule has 0 aliphatic carbocycles. The lowest BCUT2D eigenvalue weighted by atomic mass is 10.1. The summed E-state index contributed by atoms with van der Waals surface area (Å²) in [6, 6.07) is -1.05. The average Bonchev–Trinajstić information content (AvgIpc) is 2.37. The van der Waals surface area contributed by atoms with Crippen LogP contribution in [0.3, 0.4) is 0 Å². The van der Waals surface area contributed by atoms with E-state index >= 15 is 0 Å². The van der Waals surface area contributed by atoms with Crippen LogP contribution in [0.1, 0.15) is 4.11 Å². The third kappa shape index (κ3) is 1.87. The van der Waals surface area contributed by atoms with Crippen LogP contribution in [-0.2, 0) is 0 Å². The van der Waals surface area contributed by atoms with Crippen LogP contribution in [0.25, 0.3) is 11.3 Å². The van der Waals surface area contributed by atoms with Gasteiger partial charge in [-0.25, -0.2) is 0 Å². The van der Waals surface area contributed by atoms with Gasteiger partial charge in [0.2, 0.25) is 5.95 Å². The summed E-state index contributed by atoms with van der Waals surface area (Å²) in [5.74, 6) is -0.214. The monoisotopic (exact) mass is 258 g/mol. The van der Waals surface area contributed by atoms with Gasteiger partial charge in [0.1, 0.15) is 5.69 Å². The fraction of sp³-hybridized carbons (Fsp3) is 0. The first-order valence-electron chi connectivity index (χ1n) is 5.55. The quantitative estimate of drug-likeness (QED) is 0.817. The molecule has 82 valence electrons. The first-order valence-corrected chi connectivity index (χ1v) is 4.81. The second-order valence-corrected chi connectivity index (χ2v) is 3.54. The molecule has 16 heavy (non-hydrogen) atoms. The predicted molar refractivity (Wildman–Crippen MR) is 64.1 cm³/mol. The Morgan fingerprint density at radius 2 is 1.94 bits per heavy atom. The zero-order chi connectivity index (χ0) is 14.3. The van der Waals surface area contributed by atoms with Gasteiger partial charge in [-0.2, -0.15) is 4.98 Å². The molecule has 0 spiro atoms. The molecule has 0 bridgehead atoms. The van der Waals surface area contributed by atoms with E-state index in [1.54, 1.807) is 0 Å². The summed E-state index contributed by atoms with van der Waals surface area (Å²) in [5.41, 5.74) is 11.0. The molecule has 0 aliphatic heterocycles. The van der Waals surface area contributed by atoms with Crippen LogP contribution in [0.2, 0.25) is 10.0 Å². The Labute approximate surface area is 106 Å². The second kappa shape index (κ2) is 4.11. The Kier molecular flexibility index (Phi) is 1.97. The summed E-state index contributed by atoms with van der Waals surface area (Å²) in [5, 5.41) is 6.98. The van der Waals surface area contributed by atoms with Gasteiger partial charge in [-0.1, -0.05) is 35.3 Å². The molecule has 0 amide bonds. The number of anilines is 2. The van der Waals surface area contributed by atoms with Gasteiger partial charge in [-0.15, -0.1) is 10.2 Å². The van der Waals surface area contributed by atoms with E-state index in [2.05, 4.69) is 15.2 Å². The van der Waals surface area contributed by atoms with Crippen molar-refractivity contribution in [3.63, 3.8) is 0 Å². The third-order valence-electron chi connectivity index (χ3n) is 1.74. The van der Waals surface area contributed by atoms with E-state index in [1.165, 1.54) is 0 Å². The van der Waals surface area contributed by atoms with Gasteiger partial charge < -0.3 is 11.5 Å². The molecular formula is C9H7Cl2N5. The van der Waals surface area contributed by atoms with Gasteiger partial charge in [0, 0.05) is 5.56 Å². The minimum absolute atomic E-state index is 0.000370. The zero-order valence-electron chi connectivity index (χ0n) is 10.8. The van der Waals surface area contributed by atoms with Crippen molar-refractivity contribution in [2.75, 3.05) is 11.5 Å². The fourth-order valence-electron chi connectivity index (χ4n) is 1.06. The molecule has 2 rings (SSSR count). The molecule has 1 aromatic heterocycles. The lowest BCUT2D eigenvalue weighted by Gasteiger charge is -2.06. The number of nitrogens with two attached hydrogens (primary N) is 2. The van der Waals surface area contributed by atoms with E-state index in [9.17, 15) is 0 Å². The maximum atomic E-state index is 7.83. The van der Waals surface area contributed by atoms with Crippen LogP contribution in [0.5, 0.6) is 0 Å². The van der Waals surface area contributed by atoms with Crippen molar-refractivity contribution < 1.29 is 4.11 Å². The van der Waals surface area contributed by atoms with Gasteiger partial charge in [0.25, 0.3) is 0 Å². The molecule has 2 aromatic rings. The first-order chi connectivity index (χ1) is 8.84. The number of halogens is 2. The van der Waals surface area contributed by atoms with Crippen molar-refractivity contribution in [2.24, 2.45) is 0 Å². The molecule has 1 aromatic carbocycles. The van der Waals surface area contributed by atoms with E-state index in [0.717, 1.165) is 0 Å². The number of hydrogen-bond acceptors (Lipinski definition) is 5. The standard InChI is InChI=1S/C9H7Cl2N5/c10-5-3-1-2-4(6(5)11)7-8(12)14-9(13)16-15-7/h1-3H,(H4,12,13,14,16)/i1D,2D,3D. The summed E-state index contributed by atoms with van der Waals surface area (Å²) in [7, 11) is 0. The Morgan fingerprint density at radius 3 is 2.62 bits per heavy atom. The van der Waals surface area contributed by atoms with Crippen molar-refractivity contribution in [1.82, 2.24) is 15.2 Å². The van der Waals surface area contributed by atoms with E-state index in [1.807, 2.05) is 0 Å². The number of aromatic nitrogens is 3. The molecule has 7 heteroatoms. The molecule has 0 atom stereocenters. The highest BCUT2D eigenvalue weighted by Crippen LogP contribution is 2.33. The Balaban J connectivity index is 2.83. The summed E-state index contributed by atoms with van der Waals surface area (Å²) in [6.07, 6.45) is 0. The average molecular weight is 259 g/mol. The van der Waals surface area contributed by atoms with Gasteiger partial charge in [-0.05, 0) is 6.04 Å². The van der Waals surface area contributed by atoms with Gasteiger partial charge in [0.15, 0.2) is 5.82 Å². The molecule has 1 heterocycles. The molecule has 0 saturated carbocycles. The summed E-state index contributed by atoms with van der Waals surface area (Å²) in [4.78, 5) is 3.70. The maximum Gasteiger partial charge on any atom is 0.242 e. The van der Waals surface area contributed by atoms with Gasteiger partial charge in [0.05, 0.1) is 14.2 Å². The highest BCUT2D eigenvalue weighted by molar-refractivity contribution is 6.43. The SMILES string of the molecule is [2H]c1c([2H])c(Cl)c(Cl)c(-c2nnc(N)nc2N)c1[2H]. The van der Waals surface area contributed by atoms with Crippen molar-refractivity contribution in [2.45, 2.75) is 0 Å². The summed E-state index contributed by atoms with van der Waals surface area (Å²) < 4.78 is 23.0. The maximum absolute atomic E-state index is 7.83. The number of hydrogen-bond donors (Lipinski definition) is 2. The largest absolute Gasteiger partial charge is 0.382 e. The summed E-state index contributed by atoms with van der Waals surface area (Å²) in [6.45, 7) is 0. The van der Waals surface area contributed by atoms with Crippen molar-refractivity contribution in [1.29, 1.82) is 0 Å². The van der Waals surface area contributed by atoms with Gasteiger partial charge >= 0.3 is 0 Å².